The van der Waals surface area contributed by atoms with Gasteiger partial charge in [-0.25, -0.2) is 0 Å². The van der Waals surface area contributed by atoms with Crippen LogP contribution in [0.3, 0.4) is 0 Å². The molecule has 0 radical (unpaired) electrons. The highest BCUT2D eigenvalue weighted by Gasteiger charge is 2.62. The van der Waals surface area contributed by atoms with E-state index in [4.69, 9.17) is 0 Å². The largest absolute Gasteiger partial charge is 0.322 e. The maximum absolute atomic E-state index is 12.1. The lowest BCUT2D eigenvalue weighted by Crippen LogP contribution is -2.71. The van der Waals surface area contributed by atoms with E-state index in [0.29, 0.717) is 6.04 Å². The summed E-state index contributed by atoms with van der Waals surface area (Å²) in [5.41, 5.74) is 0. The van der Waals surface area contributed by atoms with Gasteiger partial charge in [-0.1, -0.05) is 42.1 Å². The first-order valence-corrected chi connectivity index (χ1v) is 8.04. The molecule has 2 atom stereocenters. The van der Waals surface area contributed by atoms with Gasteiger partial charge in [-0.3, -0.25) is 4.79 Å². The van der Waals surface area contributed by atoms with Crippen LogP contribution >= 0.6 is 27.7 Å². The topological polar surface area (TPSA) is 44.1 Å². The molecule has 0 N–H and O–H groups in total. The smallest absolute Gasteiger partial charge is 0.258 e. The number of rotatable bonds is 3. The van der Waals surface area contributed by atoms with Gasteiger partial charge in [0.1, 0.15) is 5.37 Å². The second kappa shape index (κ2) is 5.19. The Balaban J connectivity index is 2.12. The van der Waals surface area contributed by atoms with Crippen molar-refractivity contribution >= 4 is 33.6 Å². The van der Waals surface area contributed by atoms with Gasteiger partial charge in [0.2, 0.25) is 4.32 Å². The van der Waals surface area contributed by atoms with Crippen molar-refractivity contribution in [3.05, 3.63) is 0 Å². The SMILES string of the molecule is CCSC1N(C2CCCCC2)C(=O)C1(Br)C#N. The number of alkyl halides is 1. The number of nitrogens with zero attached hydrogens (tertiary/aromatic N) is 2. The van der Waals surface area contributed by atoms with E-state index in [1.807, 2.05) is 4.90 Å². The molecule has 5 heteroatoms. The average molecular weight is 317 g/mol. The standard InChI is InChI=1S/C12H17BrN2OS/c1-2-17-11-12(13,8-14)10(16)15(11)9-6-4-3-5-7-9/h9,11H,2-7H2,1H3. The normalized spacial score (nSPS) is 34.3. The average Bonchev–Trinajstić information content (AvgIpc) is 2.38. The highest BCUT2D eigenvalue weighted by Crippen LogP contribution is 2.47. The molecule has 0 bridgehead atoms. The van der Waals surface area contributed by atoms with E-state index in [9.17, 15) is 10.1 Å². The monoisotopic (exact) mass is 316 g/mol. The van der Waals surface area contributed by atoms with Crippen LogP contribution in [-0.4, -0.2) is 32.3 Å². The quantitative estimate of drug-likeness (QED) is 0.594. The van der Waals surface area contributed by atoms with Crippen LogP contribution in [-0.2, 0) is 4.79 Å². The highest BCUT2D eigenvalue weighted by atomic mass is 79.9. The number of amides is 1. The molecule has 2 rings (SSSR count). The summed E-state index contributed by atoms with van der Waals surface area (Å²) in [6.45, 7) is 2.07. The van der Waals surface area contributed by atoms with Crippen molar-refractivity contribution < 1.29 is 4.79 Å². The molecule has 0 aromatic heterocycles. The second-order valence-corrected chi connectivity index (χ2v) is 7.24. The summed E-state index contributed by atoms with van der Waals surface area (Å²) in [7, 11) is 0. The Morgan fingerprint density at radius 3 is 2.71 bits per heavy atom. The number of hydrogen-bond acceptors (Lipinski definition) is 3. The molecule has 3 nitrogen and oxygen atoms in total. The third-order valence-corrected chi connectivity index (χ3v) is 6.08. The number of carbonyl (C=O) groups excluding carboxylic acids is 1. The fraction of sp³-hybridized carbons (Fsp3) is 0.833. The molecule has 2 fully saturated rings. The Morgan fingerprint density at radius 1 is 1.53 bits per heavy atom. The molecule has 2 unspecified atom stereocenters. The zero-order valence-electron chi connectivity index (χ0n) is 9.99. The minimum Gasteiger partial charge on any atom is -0.322 e. The molecular weight excluding hydrogens is 300 g/mol. The first kappa shape index (κ1) is 13.2. The van der Waals surface area contributed by atoms with E-state index in [1.165, 1.54) is 19.3 Å². The Kier molecular flexibility index (Phi) is 4.04. The Hall–Kier alpha value is -0.210. The number of thioether (sulfide) groups is 1. The Morgan fingerprint density at radius 2 is 2.18 bits per heavy atom. The molecule has 0 aromatic rings. The molecule has 94 valence electrons. The summed E-state index contributed by atoms with van der Waals surface area (Å²) >= 11 is 5.02. The van der Waals surface area contributed by atoms with E-state index in [2.05, 4.69) is 28.9 Å². The first-order valence-electron chi connectivity index (χ1n) is 6.19. The van der Waals surface area contributed by atoms with E-state index >= 15 is 0 Å². The fourth-order valence-electron chi connectivity index (χ4n) is 2.70. The van der Waals surface area contributed by atoms with Crippen LogP contribution in [0.15, 0.2) is 0 Å². The van der Waals surface area contributed by atoms with Gasteiger partial charge in [-0.15, -0.1) is 11.8 Å². The van der Waals surface area contributed by atoms with Gasteiger partial charge < -0.3 is 4.90 Å². The predicted molar refractivity (Wildman–Crippen MR) is 72.9 cm³/mol. The minimum atomic E-state index is -0.967. The van der Waals surface area contributed by atoms with E-state index < -0.39 is 4.32 Å². The highest BCUT2D eigenvalue weighted by molar-refractivity contribution is 9.10. The van der Waals surface area contributed by atoms with E-state index in [1.54, 1.807) is 11.8 Å². The van der Waals surface area contributed by atoms with Crippen molar-refractivity contribution in [2.75, 3.05) is 5.75 Å². The first-order chi connectivity index (χ1) is 8.15. The zero-order chi connectivity index (χ0) is 12.5. The molecular formula is C12H17BrN2OS. The summed E-state index contributed by atoms with van der Waals surface area (Å²) in [5.74, 6) is 0.897. The van der Waals surface area contributed by atoms with Gasteiger partial charge >= 0.3 is 0 Å². The van der Waals surface area contributed by atoms with Crippen molar-refractivity contribution in [3.63, 3.8) is 0 Å². The zero-order valence-corrected chi connectivity index (χ0v) is 12.4. The summed E-state index contributed by atoms with van der Waals surface area (Å²) in [5, 5.41) is 9.16. The van der Waals surface area contributed by atoms with Crippen molar-refractivity contribution in [1.82, 2.24) is 4.90 Å². The van der Waals surface area contributed by atoms with Crippen LogP contribution in [0.2, 0.25) is 0 Å². The van der Waals surface area contributed by atoms with Crippen LogP contribution in [0.4, 0.5) is 0 Å². The molecule has 0 aromatic carbocycles. The molecule has 1 aliphatic heterocycles. The second-order valence-electron chi connectivity index (χ2n) is 4.64. The van der Waals surface area contributed by atoms with Crippen molar-refractivity contribution in [3.8, 4) is 6.07 Å². The van der Waals surface area contributed by atoms with Gasteiger partial charge in [-0.2, -0.15) is 5.26 Å². The summed E-state index contributed by atoms with van der Waals surface area (Å²) in [6.07, 6.45) is 5.89. The number of hydrogen-bond donors (Lipinski definition) is 0. The molecule has 1 amide bonds. The van der Waals surface area contributed by atoms with Crippen molar-refractivity contribution in [1.29, 1.82) is 5.26 Å². The third kappa shape index (κ3) is 2.10. The lowest BCUT2D eigenvalue weighted by molar-refractivity contribution is -0.148. The number of carbonyl (C=O) groups is 1. The van der Waals surface area contributed by atoms with Gasteiger partial charge in [0.05, 0.1) is 6.07 Å². The van der Waals surface area contributed by atoms with Crippen LogP contribution in [0.25, 0.3) is 0 Å². The van der Waals surface area contributed by atoms with Gasteiger partial charge in [0, 0.05) is 6.04 Å². The number of likely N-dealkylation sites (tertiary alicyclic amines) is 1. The van der Waals surface area contributed by atoms with E-state index in [-0.39, 0.29) is 11.3 Å². The fourth-order valence-corrected chi connectivity index (χ4v) is 4.65. The number of β-lactam (4-membered cyclic amide) rings is 1. The third-order valence-electron chi connectivity index (χ3n) is 3.59. The molecule has 1 saturated carbocycles. The maximum Gasteiger partial charge on any atom is 0.258 e. The summed E-state index contributed by atoms with van der Waals surface area (Å²) < 4.78 is -0.967. The number of nitriles is 1. The number of halogens is 1. The van der Waals surface area contributed by atoms with Crippen molar-refractivity contribution in [2.45, 2.75) is 54.8 Å². The predicted octanol–water partition coefficient (Wildman–Crippen LogP) is 2.90. The van der Waals surface area contributed by atoms with Gasteiger partial charge in [0.15, 0.2) is 0 Å². The lowest BCUT2D eigenvalue weighted by Gasteiger charge is -2.53. The van der Waals surface area contributed by atoms with Crippen LogP contribution in [0, 0.1) is 11.3 Å². The lowest BCUT2D eigenvalue weighted by atomic mass is 9.88. The maximum atomic E-state index is 12.1. The Labute approximate surface area is 115 Å². The van der Waals surface area contributed by atoms with Crippen molar-refractivity contribution in [2.24, 2.45) is 0 Å². The molecule has 2 aliphatic rings. The summed E-state index contributed by atoms with van der Waals surface area (Å²) in [6, 6.07) is 2.50. The van der Waals surface area contributed by atoms with E-state index in [0.717, 1.165) is 18.6 Å². The van der Waals surface area contributed by atoms with Gasteiger partial charge in [-0.05, 0) is 18.6 Å². The van der Waals surface area contributed by atoms with Crippen LogP contribution < -0.4 is 0 Å². The Bertz CT molecular complexity index is 351. The molecule has 17 heavy (non-hydrogen) atoms. The van der Waals surface area contributed by atoms with Crippen LogP contribution in [0.5, 0.6) is 0 Å². The molecule has 1 saturated heterocycles. The summed E-state index contributed by atoms with van der Waals surface area (Å²) in [4.78, 5) is 14.1. The molecule has 0 spiro atoms. The minimum absolute atomic E-state index is 0.00639. The molecule has 1 heterocycles. The molecule has 1 aliphatic carbocycles. The van der Waals surface area contributed by atoms with Gasteiger partial charge in [0.25, 0.3) is 5.91 Å². The van der Waals surface area contributed by atoms with Crippen LogP contribution in [0.1, 0.15) is 39.0 Å².